The number of carboxylic acids is 1. The van der Waals surface area contributed by atoms with E-state index in [0.717, 1.165) is 10.0 Å². The molecule has 1 aromatic heterocycles. The molecule has 2 rings (SSSR count). The number of aryl methyl sites for hydroxylation is 1. The fourth-order valence-corrected chi connectivity index (χ4v) is 1.81. The van der Waals surface area contributed by atoms with E-state index >= 15 is 0 Å². The summed E-state index contributed by atoms with van der Waals surface area (Å²) in [7, 11) is 0. The average Bonchev–Trinajstić information content (AvgIpc) is 2.37. The van der Waals surface area contributed by atoms with Crippen molar-refractivity contribution in [2.24, 2.45) is 0 Å². The highest BCUT2D eigenvalue weighted by Gasteiger charge is 2.09. The van der Waals surface area contributed by atoms with Crippen molar-refractivity contribution in [1.29, 1.82) is 0 Å². The first-order chi connectivity index (χ1) is 9.06. The monoisotopic (exact) mass is 321 g/mol. The molecule has 0 spiro atoms. The summed E-state index contributed by atoms with van der Waals surface area (Å²) in [6, 6.07) is 7.87. The van der Waals surface area contributed by atoms with Crippen LogP contribution in [0.5, 0.6) is 0 Å². The number of halogens is 1. The Labute approximate surface area is 118 Å². The summed E-state index contributed by atoms with van der Waals surface area (Å²) in [6.07, 6.45) is 1.31. The van der Waals surface area contributed by atoms with E-state index in [1.165, 1.54) is 6.20 Å². The van der Waals surface area contributed by atoms with Crippen LogP contribution < -0.4 is 5.32 Å². The van der Waals surface area contributed by atoms with Crippen molar-refractivity contribution in [3.63, 3.8) is 0 Å². The van der Waals surface area contributed by atoms with Crippen LogP contribution in [0.25, 0.3) is 0 Å². The Hall–Kier alpha value is -1.95. The summed E-state index contributed by atoms with van der Waals surface area (Å²) >= 11 is 3.37. The number of nitrogens with zero attached hydrogens (tertiary/aromatic N) is 2. The maximum Gasteiger partial charge on any atom is 0.339 e. The molecule has 6 heteroatoms. The summed E-state index contributed by atoms with van der Waals surface area (Å²) in [5, 5.41) is 11.9. The zero-order valence-corrected chi connectivity index (χ0v) is 11.8. The van der Waals surface area contributed by atoms with Crippen molar-refractivity contribution < 1.29 is 9.90 Å². The van der Waals surface area contributed by atoms with Gasteiger partial charge in [0.2, 0.25) is 5.95 Å². The maximum absolute atomic E-state index is 10.8. The molecular formula is C13H12BrN3O2. The van der Waals surface area contributed by atoms with Crippen LogP contribution in [-0.2, 0) is 6.54 Å². The molecule has 0 saturated carbocycles. The number of carboxylic acid groups (broad SMARTS) is 1. The van der Waals surface area contributed by atoms with Gasteiger partial charge in [0.05, 0.1) is 11.3 Å². The normalized spacial score (nSPS) is 10.2. The smallest absolute Gasteiger partial charge is 0.339 e. The molecule has 0 fully saturated rings. The van der Waals surface area contributed by atoms with Crippen LogP contribution in [0.3, 0.4) is 0 Å². The minimum Gasteiger partial charge on any atom is -0.478 e. The zero-order valence-electron chi connectivity index (χ0n) is 10.2. The lowest BCUT2D eigenvalue weighted by Crippen LogP contribution is -2.08. The molecule has 1 aromatic carbocycles. The van der Waals surface area contributed by atoms with Gasteiger partial charge >= 0.3 is 5.97 Å². The maximum atomic E-state index is 10.8. The highest BCUT2D eigenvalue weighted by Crippen LogP contribution is 2.12. The molecule has 0 aliphatic rings. The molecular weight excluding hydrogens is 310 g/mol. The SMILES string of the molecule is Cc1nc(NCc2ccc(Br)cc2)ncc1C(=O)O. The van der Waals surface area contributed by atoms with E-state index < -0.39 is 5.97 Å². The molecule has 2 N–H and O–H groups in total. The summed E-state index contributed by atoms with van der Waals surface area (Å²) in [5.41, 5.74) is 1.65. The molecule has 0 bridgehead atoms. The fraction of sp³-hybridized carbons (Fsp3) is 0.154. The van der Waals surface area contributed by atoms with Crippen molar-refractivity contribution >= 4 is 27.8 Å². The van der Waals surface area contributed by atoms with Crippen molar-refractivity contribution in [1.82, 2.24) is 9.97 Å². The fourth-order valence-electron chi connectivity index (χ4n) is 1.55. The van der Waals surface area contributed by atoms with Gasteiger partial charge in [0, 0.05) is 17.2 Å². The van der Waals surface area contributed by atoms with E-state index in [0.29, 0.717) is 18.2 Å². The predicted molar refractivity (Wildman–Crippen MR) is 75.2 cm³/mol. The van der Waals surface area contributed by atoms with Gasteiger partial charge in [-0.15, -0.1) is 0 Å². The zero-order chi connectivity index (χ0) is 13.8. The number of aromatic carboxylic acids is 1. The van der Waals surface area contributed by atoms with Gasteiger partial charge in [-0.2, -0.15) is 0 Å². The highest BCUT2D eigenvalue weighted by molar-refractivity contribution is 9.10. The highest BCUT2D eigenvalue weighted by atomic mass is 79.9. The van der Waals surface area contributed by atoms with Crippen molar-refractivity contribution in [3.8, 4) is 0 Å². The molecule has 2 aromatic rings. The van der Waals surface area contributed by atoms with Gasteiger partial charge in [-0.25, -0.2) is 14.8 Å². The molecule has 19 heavy (non-hydrogen) atoms. The van der Waals surface area contributed by atoms with Gasteiger partial charge in [0.25, 0.3) is 0 Å². The summed E-state index contributed by atoms with van der Waals surface area (Å²) in [5.74, 6) is -0.595. The third kappa shape index (κ3) is 3.51. The van der Waals surface area contributed by atoms with Crippen LogP contribution >= 0.6 is 15.9 Å². The molecule has 0 saturated heterocycles. The van der Waals surface area contributed by atoms with Crippen LogP contribution in [0.15, 0.2) is 34.9 Å². The molecule has 0 amide bonds. The lowest BCUT2D eigenvalue weighted by Gasteiger charge is -2.06. The van der Waals surface area contributed by atoms with Crippen molar-refractivity contribution in [2.75, 3.05) is 5.32 Å². The number of aromatic nitrogens is 2. The quantitative estimate of drug-likeness (QED) is 0.905. The van der Waals surface area contributed by atoms with Crippen LogP contribution in [-0.4, -0.2) is 21.0 Å². The minimum absolute atomic E-state index is 0.120. The van der Waals surface area contributed by atoms with E-state index in [-0.39, 0.29) is 5.56 Å². The van der Waals surface area contributed by atoms with Crippen LogP contribution in [0.4, 0.5) is 5.95 Å². The van der Waals surface area contributed by atoms with E-state index in [2.05, 4.69) is 31.2 Å². The van der Waals surface area contributed by atoms with Gasteiger partial charge in [0.15, 0.2) is 0 Å². The first-order valence-electron chi connectivity index (χ1n) is 5.61. The Morgan fingerprint density at radius 1 is 1.37 bits per heavy atom. The van der Waals surface area contributed by atoms with E-state index in [4.69, 9.17) is 5.11 Å². The number of hydrogen-bond donors (Lipinski definition) is 2. The minimum atomic E-state index is -1.02. The molecule has 1 heterocycles. The third-order valence-corrected chi connectivity index (χ3v) is 3.10. The number of benzene rings is 1. The number of rotatable bonds is 4. The van der Waals surface area contributed by atoms with Crippen molar-refractivity contribution in [2.45, 2.75) is 13.5 Å². The second kappa shape index (κ2) is 5.79. The number of carbonyl (C=O) groups is 1. The molecule has 0 radical (unpaired) electrons. The number of anilines is 1. The number of hydrogen-bond acceptors (Lipinski definition) is 4. The Kier molecular flexibility index (Phi) is 4.11. The lowest BCUT2D eigenvalue weighted by molar-refractivity contribution is 0.0695. The summed E-state index contributed by atoms with van der Waals surface area (Å²) < 4.78 is 1.02. The Bertz CT molecular complexity index is 599. The first-order valence-corrected chi connectivity index (χ1v) is 6.41. The van der Waals surface area contributed by atoms with E-state index in [9.17, 15) is 4.79 Å². The predicted octanol–water partition coefficient (Wildman–Crippen LogP) is 2.86. The van der Waals surface area contributed by atoms with Gasteiger partial charge in [-0.1, -0.05) is 28.1 Å². The summed E-state index contributed by atoms with van der Waals surface area (Å²) in [4.78, 5) is 18.9. The third-order valence-electron chi connectivity index (χ3n) is 2.57. The van der Waals surface area contributed by atoms with Gasteiger partial charge in [0.1, 0.15) is 0 Å². The van der Waals surface area contributed by atoms with Crippen molar-refractivity contribution in [3.05, 3.63) is 51.8 Å². The van der Waals surface area contributed by atoms with Crippen LogP contribution in [0, 0.1) is 6.92 Å². The standard InChI is InChI=1S/C13H12BrN3O2/c1-8-11(12(18)19)7-16-13(17-8)15-6-9-2-4-10(14)5-3-9/h2-5,7H,6H2,1H3,(H,18,19)(H,15,16,17). The lowest BCUT2D eigenvalue weighted by atomic mass is 10.2. The number of nitrogens with one attached hydrogen (secondary N) is 1. The van der Waals surface area contributed by atoms with E-state index in [1.54, 1.807) is 6.92 Å². The first kappa shape index (κ1) is 13.5. The Balaban J connectivity index is 2.06. The summed E-state index contributed by atoms with van der Waals surface area (Å²) in [6.45, 7) is 2.23. The molecule has 0 unspecified atom stereocenters. The van der Waals surface area contributed by atoms with Crippen LogP contribution in [0.2, 0.25) is 0 Å². The second-order valence-electron chi connectivity index (χ2n) is 3.98. The van der Waals surface area contributed by atoms with Gasteiger partial charge < -0.3 is 10.4 Å². The average molecular weight is 322 g/mol. The Morgan fingerprint density at radius 2 is 2.05 bits per heavy atom. The Morgan fingerprint density at radius 3 is 2.63 bits per heavy atom. The molecule has 0 aliphatic heterocycles. The molecule has 5 nitrogen and oxygen atoms in total. The van der Waals surface area contributed by atoms with E-state index in [1.807, 2.05) is 24.3 Å². The molecule has 0 aliphatic carbocycles. The second-order valence-corrected chi connectivity index (χ2v) is 4.89. The largest absolute Gasteiger partial charge is 0.478 e. The van der Waals surface area contributed by atoms with Crippen LogP contribution in [0.1, 0.15) is 21.6 Å². The molecule has 0 atom stereocenters. The topological polar surface area (TPSA) is 75.1 Å². The van der Waals surface area contributed by atoms with Gasteiger partial charge in [-0.05, 0) is 24.6 Å². The van der Waals surface area contributed by atoms with Gasteiger partial charge in [-0.3, -0.25) is 0 Å². The molecule has 98 valence electrons.